The first-order valence-electron chi connectivity index (χ1n) is 10.6. The van der Waals surface area contributed by atoms with Crippen molar-refractivity contribution in [1.82, 2.24) is 0 Å². The summed E-state index contributed by atoms with van der Waals surface area (Å²) in [6.07, 6.45) is 1.60. The molecule has 0 bridgehead atoms. The first-order valence-corrected chi connectivity index (χ1v) is 12.5. The molecule has 1 aliphatic rings. The highest BCUT2D eigenvalue weighted by atomic mass is 28.4. The summed E-state index contributed by atoms with van der Waals surface area (Å²) in [5, 5.41) is 12.2. The fraction of sp³-hybridized carbons (Fsp3) is 0.480. The minimum atomic E-state index is -2.59. The van der Waals surface area contributed by atoms with Crippen molar-refractivity contribution in [3.8, 4) is 6.07 Å². The molecule has 1 saturated carbocycles. The van der Waals surface area contributed by atoms with Gasteiger partial charge in [0.05, 0.1) is 24.2 Å². The van der Waals surface area contributed by atoms with Gasteiger partial charge in [0.15, 0.2) is 0 Å². The van der Waals surface area contributed by atoms with Gasteiger partial charge in [-0.25, -0.2) is 0 Å². The van der Waals surface area contributed by atoms with Crippen molar-refractivity contribution in [1.29, 1.82) is 5.26 Å². The predicted octanol–water partition coefficient (Wildman–Crippen LogP) is 4.66. The zero-order valence-electron chi connectivity index (χ0n) is 18.3. The lowest BCUT2D eigenvalue weighted by atomic mass is 10.1. The molecule has 1 aliphatic carbocycles. The van der Waals surface area contributed by atoms with E-state index in [2.05, 4.69) is 87.5 Å². The van der Waals surface area contributed by atoms with Crippen LogP contribution in [0.4, 0.5) is 0 Å². The maximum atomic E-state index is 9.69. The van der Waals surface area contributed by atoms with E-state index in [9.17, 15) is 5.26 Å². The minimum absolute atomic E-state index is 0.0229. The summed E-state index contributed by atoms with van der Waals surface area (Å²) >= 11 is 0. The molecule has 3 atom stereocenters. The summed E-state index contributed by atoms with van der Waals surface area (Å²) in [7, 11) is -2.59. The normalized spacial score (nSPS) is 22.6. The maximum Gasteiger partial charge on any atom is 0.261 e. The van der Waals surface area contributed by atoms with E-state index >= 15 is 0 Å². The third kappa shape index (κ3) is 4.48. The monoisotopic (exact) mass is 407 g/mol. The number of benzene rings is 2. The standard InChI is InChI=1S/C25H33NO2Si/c1-19(2)27-24-17-21(16-20(24)18-26)28-29(25(3,4)5,22-12-8-6-9-13-22)23-14-10-7-11-15-23/h6-15,19-21,24H,16-17H2,1-5H3/t20-,21-,24+/m0/s1. The molecule has 4 heteroatoms. The van der Waals surface area contributed by atoms with Gasteiger partial charge in [-0.2, -0.15) is 5.26 Å². The molecule has 154 valence electrons. The van der Waals surface area contributed by atoms with Gasteiger partial charge in [0, 0.05) is 6.10 Å². The third-order valence-corrected chi connectivity index (χ3v) is 10.9. The van der Waals surface area contributed by atoms with Crippen LogP contribution >= 0.6 is 0 Å². The second-order valence-corrected chi connectivity index (χ2v) is 13.6. The van der Waals surface area contributed by atoms with E-state index in [0.29, 0.717) is 0 Å². The molecule has 2 aromatic rings. The molecule has 29 heavy (non-hydrogen) atoms. The van der Waals surface area contributed by atoms with Gasteiger partial charge in [0.25, 0.3) is 8.32 Å². The van der Waals surface area contributed by atoms with Crippen LogP contribution in [0.2, 0.25) is 5.04 Å². The van der Waals surface area contributed by atoms with Crippen molar-refractivity contribution in [3.63, 3.8) is 0 Å². The summed E-state index contributed by atoms with van der Waals surface area (Å²) < 4.78 is 13.3. The van der Waals surface area contributed by atoms with Gasteiger partial charge < -0.3 is 9.16 Å². The number of nitrogens with zero attached hydrogens (tertiary/aromatic N) is 1. The predicted molar refractivity (Wildman–Crippen MR) is 121 cm³/mol. The van der Waals surface area contributed by atoms with E-state index in [0.717, 1.165) is 12.8 Å². The Morgan fingerprint density at radius 2 is 1.45 bits per heavy atom. The van der Waals surface area contributed by atoms with Gasteiger partial charge in [0.1, 0.15) is 0 Å². The summed E-state index contributed by atoms with van der Waals surface area (Å²) in [6.45, 7) is 10.9. The van der Waals surface area contributed by atoms with Crippen LogP contribution in [-0.2, 0) is 9.16 Å². The summed E-state index contributed by atoms with van der Waals surface area (Å²) in [4.78, 5) is 0. The highest BCUT2D eigenvalue weighted by Crippen LogP contribution is 2.41. The minimum Gasteiger partial charge on any atom is -0.404 e. The Balaban J connectivity index is 2.04. The summed E-state index contributed by atoms with van der Waals surface area (Å²) in [5.41, 5.74) is 0. The van der Waals surface area contributed by atoms with Crippen LogP contribution < -0.4 is 10.4 Å². The maximum absolute atomic E-state index is 9.69. The van der Waals surface area contributed by atoms with E-state index in [4.69, 9.17) is 9.16 Å². The number of ether oxygens (including phenoxy) is 1. The molecule has 0 aromatic heterocycles. The van der Waals surface area contributed by atoms with Crippen LogP contribution in [0.5, 0.6) is 0 Å². The molecule has 0 N–H and O–H groups in total. The summed E-state index contributed by atoms with van der Waals surface area (Å²) in [5.74, 6) is -0.111. The lowest BCUT2D eigenvalue weighted by Gasteiger charge is -2.44. The molecule has 0 amide bonds. The molecule has 0 aliphatic heterocycles. The van der Waals surface area contributed by atoms with Crippen molar-refractivity contribution in [2.45, 2.75) is 70.8 Å². The van der Waals surface area contributed by atoms with Gasteiger partial charge in [-0.3, -0.25) is 0 Å². The SMILES string of the molecule is CC(C)O[C@@H]1C[C@@H](O[Si](c2ccccc2)(c2ccccc2)C(C)(C)C)C[C@H]1C#N. The molecule has 0 unspecified atom stereocenters. The van der Waals surface area contributed by atoms with Crippen molar-refractivity contribution in [2.75, 3.05) is 0 Å². The van der Waals surface area contributed by atoms with Crippen LogP contribution in [0.25, 0.3) is 0 Å². The molecule has 0 spiro atoms. The first kappa shape index (κ1) is 21.8. The number of hydrogen-bond acceptors (Lipinski definition) is 3. The second kappa shape index (κ2) is 8.83. The van der Waals surface area contributed by atoms with Gasteiger partial charge >= 0.3 is 0 Å². The molecule has 0 heterocycles. The van der Waals surface area contributed by atoms with Crippen LogP contribution in [0.1, 0.15) is 47.5 Å². The molecule has 0 radical (unpaired) electrons. The molecular formula is C25H33NO2Si. The average molecular weight is 408 g/mol. The molecular weight excluding hydrogens is 374 g/mol. The smallest absolute Gasteiger partial charge is 0.261 e. The fourth-order valence-corrected chi connectivity index (χ4v) is 9.34. The van der Waals surface area contributed by atoms with Crippen LogP contribution in [0.3, 0.4) is 0 Å². The van der Waals surface area contributed by atoms with E-state index in [1.807, 2.05) is 13.8 Å². The fourth-order valence-electron chi connectivity index (χ4n) is 4.63. The van der Waals surface area contributed by atoms with Gasteiger partial charge in [-0.1, -0.05) is 81.4 Å². The first-order chi connectivity index (χ1) is 13.8. The van der Waals surface area contributed by atoms with E-state index in [-0.39, 0.29) is 29.3 Å². The average Bonchev–Trinajstić information content (AvgIpc) is 3.07. The Morgan fingerprint density at radius 1 is 0.931 bits per heavy atom. The number of nitriles is 1. The Labute approximate surface area is 176 Å². The Bertz CT molecular complexity index is 784. The highest BCUT2D eigenvalue weighted by molar-refractivity contribution is 6.99. The molecule has 3 rings (SSSR count). The van der Waals surface area contributed by atoms with Crippen molar-refractivity contribution >= 4 is 18.7 Å². The molecule has 2 aromatic carbocycles. The molecule has 0 saturated heterocycles. The van der Waals surface area contributed by atoms with Crippen LogP contribution in [0, 0.1) is 17.2 Å². The number of hydrogen-bond donors (Lipinski definition) is 0. The zero-order valence-corrected chi connectivity index (χ0v) is 19.3. The Morgan fingerprint density at radius 3 is 1.86 bits per heavy atom. The van der Waals surface area contributed by atoms with Crippen molar-refractivity contribution in [3.05, 3.63) is 60.7 Å². The lowest BCUT2D eigenvalue weighted by molar-refractivity contribution is -0.00606. The van der Waals surface area contributed by atoms with E-state index in [1.165, 1.54) is 10.4 Å². The lowest BCUT2D eigenvalue weighted by Crippen LogP contribution is -2.67. The van der Waals surface area contributed by atoms with Gasteiger partial charge in [-0.15, -0.1) is 0 Å². The molecule has 1 fully saturated rings. The zero-order chi connectivity index (χ0) is 21.1. The summed E-state index contributed by atoms with van der Waals surface area (Å²) in [6, 6.07) is 23.8. The highest BCUT2D eigenvalue weighted by Gasteiger charge is 2.53. The van der Waals surface area contributed by atoms with Crippen molar-refractivity contribution in [2.24, 2.45) is 5.92 Å². The van der Waals surface area contributed by atoms with E-state index < -0.39 is 8.32 Å². The largest absolute Gasteiger partial charge is 0.404 e. The Hall–Kier alpha value is -1.93. The van der Waals surface area contributed by atoms with Crippen molar-refractivity contribution < 1.29 is 9.16 Å². The van der Waals surface area contributed by atoms with Crippen LogP contribution in [-0.4, -0.2) is 26.6 Å². The molecule has 3 nitrogen and oxygen atoms in total. The topological polar surface area (TPSA) is 42.2 Å². The number of rotatable bonds is 6. The second-order valence-electron chi connectivity index (χ2n) is 9.33. The quantitative estimate of drug-likeness (QED) is 0.654. The van der Waals surface area contributed by atoms with Gasteiger partial charge in [-0.05, 0) is 42.1 Å². The van der Waals surface area contributed by atoms with Crippen LogP contribution in [0.15, 0.2) is 60.7 Å². The Kier molecular flexibility index (Phi) is 6.63. The third-order valence-electron chi connectivity index (χ3n) is 5.83. The van der Waals surface area contributed by atoms with E-state index in [1.54, 1.807) is 0 Å². The van der Waals surface area contributed by atoms with Gasteiger partial charge in [0.2, 0.25) is 0 Å².